The van der Waals surface area contributed by atoms with Crippen molar-refractivity contribution in [3.63, 3.8) is 0 Å². The zero-order valence-electron chi connectivity index (χ0n) is 15.8. The molecule has 150 valence electrons. The smallest absolute Gasteiger partial charge is 0.241 e. The fraction of sp³-hybridized carbons (Fsp3) is 0.579. The van der Waals surface area contributed by atoms with Crippen LogP contribution in [0.4, 0.5) is 0 Å². The number of likely N-dealkylation sites (N-methyl/N-ethyl adjacent to an activating group) is 1. The second-order valence-electron chi connectivity index (χ2n) is 6.62. The van der Waals surface area contributed by atoms with Crippen LogP contribution in [0, 0.1) is 0 Å². The predicted octanol–water partition coefficient (Wildman–Crippen LogP) is 1.23. The number of methoxy groups -OCH3 is 1. The van der Waals surface area contributed by atoms with E-state index in [-0.39, 0.29) is 30.3 Å². The molecule has 1 aromatic rings. The molecule has 2 aliphatic heterocycles. The van der Waals surface area contributed by atoms with Crippen LogP contribution in [0.1, 0.15) is 24.4 Å². The van der Waals surface area contributed by atoms with Crippen LogP contribution >= 0.6 is 12.4 Å². The normalized spacial score (nSPS) is 21.3. The fourth-order valence-corrected chi connectivity index (χ4v) is 3.77. The van der Waals surface area contributed by atoms with Crippen molar-refractivity contribution < 1.29 is 19.1 Å². The minimum absolute atomic E-state index is 0. The summed E-state index contributed by atoms with van der Waals surface area (Å²) >= 11 is 0. The van der Waals surface area contributed by atoms with Gasteiger partial charge in [-0.25, -0.2) is 0 Å². The number of ether oxygens (including phenoxy) is 2. The van der Waals surface area contributed by atoms with Gasteiger partial charge in [0, 0.05) is 26.7 Å². The van der Waals surface area contributed by atoms with E-state index >= 15 is 0 Å². The highest BCUT2D eigenvalue weighted by Gasteiger charge is 2.40. The summed E-state index contributed by atoms with van der Waals surface area (Å²) in [5.74, 6) is 0.747. The van der Waals surface area contributed by atoms with Gasteiger partial charge >= 0.3 is 0 Å². The minimum Gasteiger partial charge on any atom is -0.497 e. The van der Waals surface area contributed by atoms with Crippen molar-refractivity contribution in [2.24, 2.45) is 0 Å². The molecule has 2 fully saturated rings. The molecule has 8 heteroatoms. The van der Waals surface area contributed by atoms with E-state index in [0.29, 0.717) is 26.3 Å². The van der Waals surface area contributed by atoms with Crippen molar-refractivity contribution >= 4 is 24.2 Å². The number of rotatable bonds is 5. The standard InChI is InChI=1S/C19H27N3O4.ClH/c1-20-18(23)17(14-5-7-15(25-2)8-6-14)22-9-3-4-16(22)19(24)21-10-12-26-13-11-21;/h5-8,16-17H,3-4,9-13H2,1-2H3,(H,20,23);1H/t16-,17+;/m0./s1. The summed E-state index contributed by atoms with van der Waals surface area (Å²) in [4.78, 5) is 29.6. The van der Waals surface area contributed by atoms with Gasteiger partial charge in [0.1, 0.15) is 11.8 Å². The van der Waals surface area contributed by atoms with E-state index in [2.05, 4.69) is 5.32 Å². The van der Waals surface area contributed by atoms with Gasteiger partial charge in [-0.2, -0.15) is 0 Å². The molecule has 0 unspecified atom stereocenters. The lowest BCUT2D eigenvalue weighted by molar-refractivity contribution is -0.142. The molecule has 3 rings (SSSR count). The number of morpholine rings is 1. The van der Waals surface area contributed by atoms with Crippen molar-refractivity contribution in [2.75, 3.05) is 47.0 Å². The van der Waals surface area contributed by atoms with Gasteiger partial charge in [0.2, 0.25) is 11.8 Å². The SMILES string of the molecule is CNC(=O)[C@@H](c1ccc(OC)cc1)N1CCC[C@H]1C(=O)N1CCOCC1.Cl. The summed E-state index contributed by atoms with van der Waals surface area (Å²) in [5, 5.41) is 2.75. The molecule has 0 spiro atoms. The first-order chi connectivity index (χ1) is 12.7. The van der Waals surface area contributed by atoms with E-state index in [9.17, 15) is 9.59 Å². The van der Waals surface area contributed by atoms with Crippen molar-refractivity contribution in [2.45, 2.75) is 24.9 Å². The fourth-order valence-electron chi connectivity index (χ4n) is 3.77. The number of amides is 2. The molecule has 0 aromatic heterocycles. The topological polar surface area (TPSA) is 71.1 Å². The molecule has 27 heavy (non-hydrogen) atoms. The molecule has 2 saturated heterocycles. The summed E-state index contributed by atoms with van der Waals surface area (Å²) in [5.41, 5.74) is 0.867. The van der Waals surface area contributed by atoms with E-state index in [0.717, 1.165) is 30.7 Å². The van der Waals surface area contributed by atoms with Crippen LogP contribution in [-0.2, 0) is 14.3 Å². The lowest BCUT2D eigenvalue weighted by Gasteiger charge is -2.35. The number of nitrogens with zero attached hydrogens (tertiary/aromatic N) is 2. The molecule has 1 N–H and O–H groups in total. The Balaban J connectivity index is 0.00000261. The zero-order valence-corrected chi connectivity index (χ0v) is 16.7. The average molecular weight is 398 g/mol. The van der Waals surface area contributed by atoms with E-state index in [1.54, 1.807) is 14.2 Å². The molecule has 2 heterocycles. The van der Waals surface area contributed by atoms with Gasteiger partial charge in [0.25, 0.3) is 0 Å². The summed E-state index contributed by atoms with van der Waals surface area (Å²) in [6.45, 7) is 3.13. The Morgan fingerprint density at radius 1 is 1.19 bits per heavy atom. The third-order valence-corrected chi connectivity index (χ3v) is 5.16. The quantitative estimate of drug-likeness (QED) is 0.809. The Hall–Kier alpha value is -1.83. The summed E-state index contributed by atoms with van der Waals surface area (Å²) in [6.07, 6.45) is 1.68. The highest BCUT2D eigenvalue weighted by molar-refractivity contribution is 5.86. The van der Waals surface area contributed by atoms with E-state index < -0.39 is 6.04 Å². The van der Waals surface area contributed by atoms with Crippen molar-refractivity contribution in [3.8, 4) is 5.75 Å². The number of carbonyl (C=O) groups excluding carboxylic acids is 2. The van der Waals surface area contributed by atoms with Crippen molar-refractivity contribution in [1.29, 1.82) is 0 Å². The van der Waals surface area contributed by atoms with Crippen LogP contribution in [-0.4, -0.2) is 74.7 Å². The van der Waals surface area contributed by atoms with E-state index in [1.165, 1.54) is 0 Å². The van der Waals surface area contributed by atoms with Crippen LogP contribution in [0.2, 0.25) is 0 Å². The number of hydrogen-bond donors (Lipinski definition) is 1. The second kappa shape index (κ2) is 9.92. The average Bonchev–Trinajstić information content (AvgIpc) is 3.17. The van der Waals surface area contributed by atoms with Crippen LogP contribution < -0.4 is 10.1 Å². The molecule has 2 amide bonds. The molecule has 7 nitrogen and oxygen atoms in total. The molecule has 0 radical (unpaired) electrons. The molecule has 2 aliphatic rings. The molecular formula is C19H28ClN3O4. The van der Waals surface area contributed by atoms with E-state index in [1.807, 2.05) is 34.1 Å². The second-order valence-corrected chi connectivity index (χ2v) is 6.62. The summed E-state index contributed by atoms with van der Waals surface area (Å²) in [7, 11) is 3.25. The van der Waals surface area contributed by atoms with Gasteiger partial charge in [0.15, 0.2) is 0 Å². The highest BCUT2D eigenvalue weighted by atomic mass is 35.5. The zero-order chi connectivity index (χ0) is 18.5. The monoisotopic (exact) mass is 397 g/mol. The first-order valence-electron chi connectivity index (χ1n) is 9.13. The first-order valence-corrected chi connectivity index (χ1v) is 9.13. The van der Waals surface area contributed by atoms with Crippen LogP contribution in [0.15, 0.2) is 24.3 Å². The Bertz CT molecular complexity index is 634. The molecule has 0 aliphatic carbocycles. The third-order valence-electron chi connectivity index (χ3n) is 5.16. The lowest BCUT2D eigenvalue weighted by atomic mass is 10.0. The number of benzene rings is 1. The van der Waals surface area contributed by atoms with Gasteiger partial charge in [-0.15, -0.1) is 12.4 Å². The molecule has 2 atom stereocenters. The molecule has 0 saturated carbocycles. The number of likely N-dealkylation sites (tertiary alicyclic amines) is 1. The van der Waals surface area contributed by atoms with Crippen LogP contribution in [0.3, 0.4) is 0 Å². The predicted molar refractivity (Wildman–Crippen MR) is 104 cm³/mol. The molecule has 0 bridgehead atoms. The Morgan fingerprint density at radius 3 is 2.44 bits per heavy atom. The number of halogens is 1. The Morgan fingerprint density at radius 2 is 1.85 bits per heavy atom. The summed E-state index contributed by atoms with van der Waals surface area (Å²) < 4.78 is 10.6. The molecular weight excluding hydrogens is 370 g/mol. The lowest BCUT2D eigenvalue weighted by Crippen LogP contribution is -2.52. The Kier molecular flexibility index (Phi) is 7.89. The highest BCUT2D eigenvalue weighted by Crippen LogP contribution is 2.31. The van der Waals surface area contributed by atoms with Gasteiger partial charge in [0.05, 0.1) is 26.4 Å². The largest absolute Gasteiger partial charge is 0.497 e. The minimum atomic E-state index is -0.483. The van der Waals surface area contributed by atoms with Gasteiger partial charge in [-0.3, -0.25) is 14.5 Å². The van der Waals surface area contributed by atoms with Gasteiger partial charge in [-0.1, -0.05) is 12.1 Å². The number of carbonyl (C=O) groups is 2. The molecule has 1 aromatic carbocycles. The maximum atomic E-state index is 13.0. The van der Waals surface area contributed by atoms with Gasteiger partial charge in [-0.05, 0) is 30.5 Å². The summed E-state index contributed by atoms with van der Waals surface area (Å²) in [6, 6.07) is 6.74. The van der Waals surface area contributed by atoms with Crippen molar-refractivity contribution in [1.82, 2.24) is 15.1 Å². The number of nitrogens with one attached hydrogen (secondary N) is 1. The van der Waals surface area contributed by atoms with Crippen LogP contribution in [0.25, 0.3) is 0 Å². The van der Waals surface area contributed by atoms with Gasteiger partial charge < -0.3 is 19.7 Å². The maximum absolute atomic E-state index is 13.0. The Labute approximate surface area is 166 Å². The van der Waals surface area contributed by atoms with E-state index in [4.69, 9.17) is 9.47 Å². The van der Waals surface area contributed by atoms with Crippen LogP contribution in [0.5, 0.6) is 5.75 Å². The first kappa shape index (κ1) is 21.5. The number of hydrogen-bond acceptors (Lipinski definition) is 5. The third kappa shape index (κ3) is 4.72. The maximum Gasteiger partial charge on any atom is 0.241 e. The van der Waals surface area contributed by atoms with Crippen molar-refractivity contribution in [3.05, 3.63) is 29.8 Å².